The average molecular weight is 466 g/mol. The molecule has 4 rings (SSSR count). The molecule has 1 N–H and O–H groups in total. The van der Waals surface area contributed by atoms with Crippen LogP contribution in [0.3, 0.4) is 0 Å². The fraction of sp³-hybridized carbons (Fsp3) is 0.423. The van der Waals surface area contributed by atoms with Gasteiger partial charge in [-0.1, -0.05) is 50.1 Å². The van der Waals surface area contributed by atoms with Crippen LogP contribution in [-0.4, -0.2) is 55.0 Å². The van der Waals surface area contributed by atoms with Gasteiger partial charge in [-0.25, -0.2) is 4.79 Å². The fourth-order valence-corrected chi connectivity index (χ4v) is 4.78. The second-order valence-electron chi connectivity index (χ2n) is 8.74. The number of urea groups is 1. The van der Waals surface area contributed by atoms with Gasteiger partial charge < -0.3 is 19.7 Å². The lowest BCUT2D eigenvalue weighted by Gasteiger charge is -2.31. The van der Waals surface area contributed by atoms with Crippen LogP contribution in [0.5, 0.6) is 11.5 Å². The van der Waals surface area contributed by atoms with Crippen molar-refractivity contribution in [2.75, 3.05) is 27.3 Å². The van der Waals surface area contributed by atoms with Gasteiger partial charge in [0.25, 0.3) is 5.91 Å². The Hall–Kier alpha value is -3.55. The highest BCUT2D eigenvalue weighted by Gasteiger charge is 2.52. The Balaban J connectivity index is 1.52. The van der Waals surface area contributed by atoms with E-state index >= 15 is 0 Å². The number of rotatable bonds is 8. The lowest BCUT2D eigenvalue weighted by Crippen LogP contribution is -2.46. The first-order valence-corrected chi connectivity index (χ1v) is 11.6. The van der Waals surface area contributed by atoms with E-state index in [0.29, 0.717) is 37.4 Å². The number of ether oxygens (including phenoxy) is 2. The largest absolute Gasteiger partial charge is 0.493 e. The van der Waals surface area contributed by atoms with Gasteiger partial charge in [0, 0.05) is 13.1 Å². The SMILES string of the molecule is CCCCC1(c2ccccc2)NC(=O)N(CC(=O)N2CCc3cc(OC)c(OC)cc3C2)C1=O. The second kappa shape index (κ2) is 9.75. The average Bonchev–Trinajstić information content (AvgIpc) is 3.11. The summed E-state index contributed by atoms with van der Waals surface area (Å²) in [6, 6.07) is 12.6. The number of hydrogen-bond acceptors (Lipinski definition) is 5. The minimum Gasteiger partial charge on any atom is -0.493 e. The molecule has 1 unspecified atom stereocenters. The number of nitrogens with zero attached hydrogens (tertiary/aromatic N) is 2. The van der Waals surface area contributed by atoms with E-state index in [9.17, 15) is 14.4 Å². The van der Waals surface area contributed by atoms with E-state index in [1.807, 2.05) is 49.4 Å². The van der Waals surface area contributed by atoms with E-state index in [1.165, 1.54) is 0 Å². The predicted octanol–water partition coefficient (Wildman–Crippen LogP) is 3.23. The molecule has 0 spiro atoms. The van der Waals surface area contributed by atoms with Crippen molar-refractivity contribution in [3.63, 3.8) is 0 Å². The molecule has 1 atom stereocenters. The standard InChI is InChI=1S/C26H31N3O5/c1-4-5-12-26(20-9-7-6-8-10-20)24(31)29(25(32)27-26)17-23(30)28-13-11-18-14-21(33-2)22(34-3)15-19(18)16-28/h6-10,14-15H,4-5,11-13,16-17H2,1-3H3,(H,27,32). The number of imide groups is 1. The number of benzene rings is 2. The molecule has 0 bridgehead atoms. The molecular formula is C26H31N3O5. The van der Waals surface area contributed by atoms with Crippen molar-refractivity contribution in [1.29, 1.82) is 0 Å². The quantitative estimate of drug-likeness (QED) is 0.605. The van der Waals surface area contributed by atoms with Gasteiger partial charge in [0.1, 0.15) is 12.1 Å². The van der Waals surface area contributed by atoms with Crippen molar-refractivity contribution in [2.45, 2.75) is 44.7 Å². The first-order chi connectivity index (χ1) is 16.4. The molecule has 180 valence electrons. The lowest BCUT2D eigenvalue weighted by atomic mass is 9.85. The molecular weight excluding hydrogens is 434 g/mol. The van der Waals surface area contributed by atoms with Crippen molar-refractivity contribution < 1.29 is 23.9 Å². The van der Waals surface area contributed by atoms with Crippen LogP contribution < -0.4 is 14.8 Å². The van der Waals surface area contributed by atoms with Crippen LogP contribution in [0.2, 0.25) is 0 Å². The monoisotopic (exact) mass is 465 g/mol. The van der Waals surface area contributed by atoms with Gasteiger partial charge in [-0.15, -0.1) is 0 Å². The summed E-state index contributed by atoms with van der Waals surface area (Å²) in [4.78, 5) is 42.4. The van der Waals surface area contributed by atoms with Gasteiger partial charge in [-0.2, -0.15) is 0 Å². The lowest BCUT2D eigenvalue weighted by molar-refractivity contribution is -0.139. The van der Waals surface area contributed by atoms with E-state index in [2.05, 4.69) is 5.32 Å². The number of carbonyl (C=O) groups excluding carboxylic acids is 3. The van der Waals surface area contributed by atoms with E-state index in [-0.39, 0.29) is 18.4 Å². The van der Waals surface area contributed by atoms with Gasteiger partial charge in [0.15, 0.2) is 11.5 Å². The van der Waals surface area contributed by atoms with E-state index < -0.39 is 11.6 Å². The highest BCUT2D eigenvalue weighted by atomic mass is 16.5. The van der Waals surface area contributed by atoms with Crippen LogP contribution in [0.4, 0.5) is 4.79 Å². The maximum atomic E-state index is 13.6. The third kappa shape index (κ3) is 4.20. The molecule has 2 aliphatic rings. The number of nitrogens with one attached hydrogen (secondary N) is 1. The molecule has 34 heavy (non-hydrogen) atoms. The fourth-order valence-electron chi connectivity index (χ4n) is 4.78. The highest BCUT2D eigenvalue weighted by Crippen LogP contribution is 2.35. The van der Waals surface area contributed by atoms with Crippen LogP contribution in [0, 0.1) is 0 Å². The number of fused-ring (bicyclic) bond motifs is 1. The third-order valence-electron chi connectivity index (χ3n) is 6.71. The number of methoxy groups -OCH3 is 2. The third-order valence-corrected chi connectivity index (χ3v) is 6.71. The molecule has 2 aliphatic heterocycles. The molecule has 1 fully saturated rings. The summed E-state index contributed by atoms with van der Waals surface area (Å²) >= 11 is 0. The Bertz CT molecular complexity index is 1090. The Morgan fingerprint density at radius 2 is 1.74 bits per heavy atom. The van der Waals surface area contributed by atoms with Crippen LogP contribution in [0.25, 0.3) is 0 Å². The van der Waals surface area contributed by atoms with E-state index in [4.69, 9.17) is 9.47 Å². The second-order valence-corrected chi connectivity index (χ2v) is 8.74. The maximum Gasteiger partial charge on any atom is 0.325 e. The van der Waals surface area contributed by atoms with Gasteiger partial charge in [0.2, 0.25) is 5.91 Å². The first kappa shape index (κ1) is 23.6. The minimum atomic E-state index is -1.13. The zero-order chi connectivity index (χ0) is 24.3. The number of hydrogen-bond donors (Lipinski definition) is 1. The van der Waals surface area contributed by atoms with Gasteiger partial charge in [0.05, 0.1) is 14.2 Å². The summed E-state index contributed by atoms with van der Waals surface area (Å²) in [5, 5.41) is 2.91. The zero-order valence-corrected chi connectivity index (χ0v) is 19.9. The molecule has 0 saturated carbocycles. The molecule has 2 aromatic rings. The number of carbonyl (C=O) groups is 3. The molecule has 0 aromatic heterocycles. The number of unbranched alkanes of at least 4 members (excludes halogenated alkanes) is 1. The van der Waals surface area contributed by atoms with Gasteiger partial charge in [-0.3, -0.25) is 14.5 Å². The summed E-state index contributed by atoms with van der Waals surface area (Å²) in [7, 11) is 3.17. The van der Waals surface area contributed by atoms with Gasteiger partial charge >= 0.3 is 6.03 Å². The van der Waals surface area contributed by atoms with Gasteiger partial charge in [-0.05, 0) is 41.7 Å². The molecule has 0 radical (unpaired) electrons. The zero-order valence-electron chi connectivity index (χ0n) is 19.9. The predicted molar refractivity (Wildman–Crippen MR) is 127 cm³/mol. The van der Waals surface area contributed by atoms with Crippen molar-refractivity contribution in [3.8, 4) is 11.5 Å². The van der Waals surface area contributed by atoms with Crippen LogP contribution >= 0.6 is 0 Å². The number of amides is 4. The normalized spacial score (nSPS) is 19.6. The minimum absolute atomic E-state index is 0.261. The smallest absolute Gasteiger partial charge is 0.325 e. The summed E-state index contributed by atoms with van der Waals surface area (Å²) < 4.78 is 10.8. The Morgan fingerprint density at radius 1 is 1.06 bits per heavy atom. The first-order valence-electron chi connectivity index (χ1n) is 11.6. The summed E-state index contributed by atoms with van der Waals surface area (Å²) in [5.74, 6) is 0.635. The highest BCUT2D eigenvalue weighted by molar-refractivity contribution is 6.09. The summed E-state index contributed by atoms with van der Waals surface area (Å²) in [5.41, 5.74) is 1.67. The molecule has 1 saturated heterocycles. The summed E-state index contributed by atoms with van der Waals surface area (Å²) in [6.45, 7) is 2.65. The topological polar surface area (TPSA) is 88.2 Å². The molecule has 8 heteroatoms. The van der Waals surface area contributed by atoms with Crippen molar-refractivity contribution in [3.05, 3.63) is 59.2 Å². The van der Waals surface area contributed by atoms with Crippen molar-refractivity contribution >= 4 is 17.8 Å². The van der Waals surface area contributed by atoms with Crippen LogP contribution in [0.15, 0.2) is 42.5 Å². The summed E-state index contributed by atoms with van der Waals surface area (Å²) in [6.07, 6.45) is 2.81. The Labute approximate surface area is 199 Å². The molecule has 4 amide bonds. The molecule has 0 aliphatic carbocycles. The van der Waals surface area contributed by atoms with Crippen molar-refractivity contribution in [2.24, 2.45) is 0 Å². The van der Waals surface area contributed by atoms with Crippen LogP contribution in [-0.2, 0) is 28.1 Å². The Kier molecular flexibility index (Phi) is 6.77. The van der Waals surface area contributed by atoms with Crippen LogP contribution in [0.1, 0.15) is 42.9 Å². The van der Waals surface area contributed by atoms with E-state index in [0.717, 1.165) is 34.4 Å². The van der Waals surface area contributed by atoms with Crippen molar-refractivity contribution in [1.82, 2.24) is 15.1 Å². The molecule has 2 aromatic carbocycles. The molecule has 8 nitrogen and oxygen atoms in total. The maximum absolute atomic E-state index is 13.6. The Morgan fingerprint density at radius 3 is 2.38 bits per heavy atom. The molecule has 2 heterocycles. The van der Waals surface area contributed by atoms with E-state index in [1.54, 1.807) is 19.1 Å².